The van der Waals surface area contributed by atoms with Gasteiger partial charge in [-0.15, -0.1) is 0 Å². The van der Waals surface area contributed by atoms with Crippen LogP contribution in [0.25, 0.3) is 6.08 Å². The van der Waals surface area contributed by atoms with E-state index in [0.717, 1.165) is 5.56 Å². The van der Waals surface area contributed by atoms with Crippen LogP contribution in [0.3, 0.4) is 0 Å². The van der Waals surface area contributed by atoms with E-state index in [1.807, 2.05) is 37.3 Å². The first-order chi connectivity index (χ1) is 11.0. The summed E-state index contributed by atoms with van der Waals surface area (Å²) in [5.74, 6) is -0.661. The van der Waals surface area contributed by atoms with Crippen LogP contribution in [0.2, 0.25) is 0 Å². The maximum Gasteiger partial charge on any atom is 0.270 e. The fourth-order valence-corrected chi connectivity index (χ4v) is 2.50. The molecule has 1 saturated heterocycles. The van der Waals surface area contributed by atoms with E-state index < -0.39 is 0 Å². The lowest BCUT2D eigenvalue weighted by molar-refractivity contribution is -0.131. The van der Waals surface area contributed by atoms with E-state index in [9.17, 15) is 14.4 Å². The van der Waals surface area contributed by atoms with Crippen LogP contribution in [-0.2, 0) is 14.4 Å². The third-order valence-electron chi connectivity index (χ3n) is 3.60. The van der Waals surface area contributed by atoms with Crippen molar-refractivity contribution in [3.05, 3.63) is 41.6 Å². The molecule has 1 unspecified atom stereocenters. The summed E-state index contributed by atoms with van der Waals surface area (Å²) in [4.78, 5) is 37.4. The normalized spacial score (nSPS) is 18.9. The van der Waals surface area contributed by atoms with Crippen LogP contribution < -0.4 is 10.6 Å². The first-order valence-corrected chi connectivity index (χ1v) is 7.59. The maximum absolute atomic E-state index is 12.8. The van der Waals surface area contributed by atoms with Crippen molar-refractivity contribution < 1.29 is 14.4 Å². The number of benzene rings is 1. The van der Waals surface area contributed by atoms with Gasteiger partial charge < -0.3 is 15.5 Å². The summed E-state index contributed by atoms with van der Waals surface area (Å²) in [6.45, 7) is 4.02. The monoisotopic (exact) mass is 315 g/mol. The van der Waals surface area contributed by atoms with Gasteiger partial charge in [0.1, 0.15) is 5.70 Å². The van der Waals surface area contributed by atoms with E-state index in [-0.39, 0.29) is 35.9 Å². The minimum Gasteiger partial charge on any atom is -0.354 e. The summed E-state index contributed by atoms with van der Waals surface area (Å²) in [5.41, 5.74) is 1.03. The van der Waals surface area contributed by atoms with Crippen LogP contribution in [0, 0.1) is 0 Å². The second kappa shape index (κ2) is 7.58. The molecule has 1 atom stereocenters. The number of hydrogen-bond acceptors (Lipinski definition) is 3. The van der Waals surface area contributed by atoms with Gasteiger partial charge in [-0.2, -0.15) is 0 Å². The summed E-state index contributed by atoms with van der Waals surface area (Å²) in [6.07, 6.45) is 1.90. The molecule has 0 radical (unpaired) electrons. The summed E-state index contributed by atoms with van der Waals surface area (Å²) in [5, 5.41) is 5.35. The molecular weight excluding hydrogens is 294 g/mol. The Bertz CT molecular complexity index is 625. The standard InChI is InChI=1S/C17H21N3O3/c1-12-10-16(22)18-8-9-20(12)17(23)15(19-13(2)21)11-14-6-4-3-5-7-14/h3-7,11-12H,8-10H2,1-2H3,(H,18,22)(H,19,21)/b15-11+. The van der Waals surface area contributed by atoms with E-state index >= 15 is 0 Å². The molecule has 1 aliphatic rings. The Morgan fingerprint density at radius 3 is 2.65 bits per heavy atom. The van der Waals surface area contributed by atoms with Crippen molar-refractivity contribution >= 4 is 23.8 Å². The summed E-state index contributed by atoms with van der Waals surface area (Å²) >= 11 is 0. The van der Waals surface area contributed by atoms with Crippen LogP contribution >= 0.6 is 0 Å². The Kier molecular flexibility index (Phi) is 5.51. The molecular formula is C17H21N3O3. The minimum absolute atomic E-state index is 0.0686. The smallest absolute Gasteiger partial charge is 0.270 e. The van der Waals surface area contributed by atoms with Crippen LogP contribution in [0.5, 0.6) is 0 Å². The van der Waals surface area contributed by atoms with Gasteiger partial charge in [0.25, 0.3) is 5.91 Å². The van der Waals surface area contributed by atoms with E-state index in [0.29, 0.717) is 13.1 Å². The van der Waals surface area contributed by atoms with Crippen molar-refractivity contribution in [2.75, 3.05) is 13.1 Å². The number of nitrogens with zero attached hydrogens (tertiary/aromatic N) is 1. The van der Waals surface area contributed by atoms with Crippen LogP contribution in [0.4, 0.5) is 0 Å². The molecule has 122 valence electrons. The molecule has 0 aromatic heterocycles. The van der Waals surface area contributed by atoms with E-state index in [4.69, 9.17) is 0 Å². The third-order valence-corrected chi connectivity index (χ3v) is 3.60. The lowest BCUT2D eigenvalue weighted by Gasteiger charge is -2.27. The SMILES string of the molecule is CC(=O)N/C(=C/c1ccccc1)C(=O)N1CCNC(=O)CC1C. The zero-order chi connectivity index (χ0) is 16.8. The van der Waals surface area contributed by atoms with Crippen molar-refractivity contribution in [3.8, 4) is 0 Å². The van der Waals surface area contributed by atoms with Crippen LogP contribution in [0.15, 0.2) is 36.0 Å². The van der Waals surface area contributed by atoms with Crippen molar-refractivity contribution in [2.24, 2.45) is 0 Å². The molecule has 2 N–H and O–H groups in total. The number of nitrogens with one attached hydrogen (secondary N) is 2. The molecule has 0 saturated carbocycles. The summed E-state index contributed by atoms with van der Waals surface area (Å²) < 4.78 is 0. The Labute approximate surface area is 135 Å². The highest BCUT2D eigenvalue weighted by molar-refractivity contribution is 6.01. The van der Waals surface area contributed by atoms with Gasteiger partial charge in [-0.3, -0.25) is 14.4 Å². The molecule has 0 spiro atoms. The molecule has 1 heterocycles. The van der Waals surface area contributed by atoms with Gasteiger partial charge in [0.15, 0.2) is 0 Å². The molecule has 3 amide bonds. The zero-order valence-corrected chi connectivity index (χ0v) is 13.3. The van der Waals surface area contributed by atoms with Crippen LogP contribution in [0.1, 0.15) is 25.8 Å². The second-order valence-electron chi connectivity index (χ2n) is 5.55. The number of hydrogen-bond donors (Lipinski definition) is 2. The molecule has 1 aromatic rings. The molecule has 6 nitrogen and oxygen atoms in total. The van der Waals surface area contributed by atoms with Crippen molar-refractivity contribution in [2.45, 2.75) is 26.3 Å². The lowest BCUT2D eigenvalue weighted by Crippen LogP contribution is -2.43. The van der Waals surface area contributed by atoms with Gasteiger partial charge in [-0.1, -0.05) is 30.3 Å². The van der Waals surface area contributed by atoms with Gasteiger partial charge in [0.2, 0.25) is 11.8 Å². The highest BCUT2D eigenvalue weighted by atomic mass is 16.2. The van der Waals surface area contributed by atoms with E-state index in [2.05, 4.69) is 10.6 Å². The number of amides is 3. The molecule has 1 aromatic carbocycles. The predicted molar refractivity (Wildman–Crippen MR) is 87.0 cm³/mol. The second-order valence-corrected chi connectivity index (χ2v) is 5.55. The van der Waals surface area contributed by atoms with Gasteiger partial charge in [-0.25, -0.2) is 0 Å². The van der Waals surface area contributed by atoms with Gasteiger partial charge >= 0.3 is 0 Å². The minimum atomic E-state index is -0.308. The Morgan fingerprint density at radius 2 is 2.00 bits per heavy atom. The molecule has 0 bridgehead atoms. The molecule has 2 rings (SSSR count). The Hall–Kier alpha value is -2.63. The molecule has 1 fully saturated rings. The largest absolute Gasteiger partial charge is 0.354 e. The maximum atomic E-state index is 12.8. The number of rotatable bonds is 3. The van der Waals surface area contributed by atoms with E-state index in [1.165, 1.54) is 6.92 Å². The lowest BCUT2D eigenvalue weighted by atomic mass is 10.1. The van der Waals surface area contributed by atoms with Crippen molar-refractivity contribution in [3.63, 3.8) is 0 Å². The van der Waals surface area contributed by atoms with Crippen molar-refractivity contribution in [1.29, 1.82) is 0 Å². The van der Waals surface area contributed by atoms with Crippen molar-refractivity contribution in [1.82, 2.24) is 15.5 Å². The third kappa shape index (κ3) is 4.67. The molecule has 1 aliphatic heterocycles. The molecule has 0 aliphatic carbocycles. The average molecular weight is 315 g/mol. The fourth-order valence-electron chi connectivity index (χ4n) is 2.50. The number of carbonyl (C=O) groups excluding carboxylic acids is 3. The van der Waals surface area contributed by atoms with Gasteiger partial charge in [-0.05, 0) is 18.6 Å². The first-order valence-electron chi connectivity index (χ1n) is 7.59. The average Bonchev–Trinajstić information content (AvgIpc) is 2.67. The van der Waals surface area contributed by atoms with E-state index in [1.54, 1.807) is 11.0 Å². The highest BCUT2D eigenvalue weighted by Crippen LogP contribution is 2.13. The quantitative estimate of drug-likeness (QED) is 0.814. The number of carbonyl (C=O) groups is 3. The summed E-state index contributed by atoms with van der Waals surface area (Å²) in [7, 11) is 0. The molecule has 6 heteroatoms. The Morgan fingerprint density at radius 1 is 1.30 bits per heavy atom. The predicted octanol–water partition coefficient (Wildman–Crippen LogP) is 0.901. The van der Waals surface area contributed by atoms with Gasteiger partial charge in [0.05, 0.1) is 0 Å². The first kappa shape index (κ1) is 16.7. The Balaban J connectivity index is 2.27. The fraction of sp³-hybridized carbons (Fsp3) is 0.353. The van der Waals surface area contributed by atoms with Crippen LogP contribution in [-0.4, -0.2) is 41.8 Å². The molecule has 23 heavy (non-hydrogen) atoms. The topological polar surface area (TPSA) is 78.5 Å². The summed E-state index contributed by atoms with van der Waals surface area (Å²) in [6, 6.07) is 9.08. The highest BCUT2D eigenvalue weighted by Gasteiger charge is 2.27. The van der Waals surface area contributed by atoms with Gasteiger partial charge in [0, 0.05) is 32.5 Å². The zero-order valence-electron chi connectivity index (χ0n) is 13.3.